The zero-order valence-corrected chi connectivity index (χ0v) is 24.6. The molecule has 0 aliphatic carbocycles. The number of nitrogens with zero attached hydrogens (tertiary/aromatic N) is 3. The van der Waals surface area contributed by atoms with Gasteiger partial charge in [0.25, 0.3) is 0 Å². The van der Waals surface area contributed by atoms with Gasteiger partial charge in [0.15, 0.2) is 16.5 Å². The van der Waals surface area contributed by atoms with Gasteiger partial charge in [-0.05, 0) is 43.2 Å². The van der Waals surface area contributed by atoms with Gasteiger partial charge in [0.1, 0.15) is 34.4 Å². The van der Waals surface area contributed by atoms with E-state index in [1.54, 1.807) is 25.6 Å². The van der Waals surface area contributed by atoms with E-state index in [0.717, 1.165) is 53.0 Å². The first kappa shape index (κ1) is 26.4. The van der Waals surface area contributed by atoms with Gasteiger partial charge in [-0.25, -0.2) is 14.6 Å². The van der Waals surface area contributed by atoms with Crippen molar-refractivity contribution in [2.75, 3.05) is 32.9 Å². The predicted octanol–water partition coefficient (Wildman–Crippen LogP) is 6.32. The van der Waals surface area contributed by atoms with Gasteiger partial charge in [-0.3, -0.25) is 5.43 Å². The van der Waals surface area contributed by atoms with Crippen molar-refractivity contribution in [2.24, 2.45) is 0 Å². The zero-order chi connectivity index (χ0) is 28.0. The maximum Gasteiger partial charge on any atom is 0.196 e. The fraction of sp³-hybridized carbons (Fsp3) is 0.333. The third-order valence-corrected chi connectivity index (χ3v) is 9.80. The highest BCUT2D eigenvalue weighted by atomic mass is 32.2. The van der Waals surface area contributed by atoms with Gasteiger partial charge in [0.2, 0.25) is 0 Å². The number of rotatable bonds is 8. The molecule has 0 amide bonds. The molecule has 1 fully saturated rings. The molecule has 1 atom stereocenters. The molecule has 5 aromatic rings. The lowest BCUT2D eigenvalue weighted by Crippen LogP contribution is -2.35. The summed E-state index contributed by atoms with van der Waals surface area (Å²) in [6, 6.07) is 14.5. The van der Waals surface area contributed by atoms with Crippen LogP contribution in [0, 0.1) is 6.92 Å². The third-order valence-electron chi connectivity index (χ3n) is 7.69. The summed E-state index contributed by atoms with van der Waals surface area (Å²) >= 11 is 3.20. The Bertz CT molecular complexity index is 1660. The van der Waals surface area contributed by atoms with Crippen LogP contribution in [0.15, 0.2) is 63.6 Å². The molecule has 0 radical (unpaired) electrons. The molecule has 2 aromatic carbocycles. The lowest BCUT2D eigenvalue weighted by atomic mass is 9.74. The summed E-state index contributed by atoms with van der Waals surface area (Å²) in [5.74, 6) is 1.97. The lowest BCUT2D eigenvalue weighted by Gasteiger charge is -2.36. The Morgan fingerprint density at radius 1 is 1.10 bits per heavy atom. The Morgan fingerprint density at radius 2 is 1.93 bits per heavy atom. The number of nitrogens with one attached hydrogen (secondary N) is 1. The fourth-order valence-corrected chi connectivity index (χ4v) is 7.31. The number of thioether (sulfide) groups is 1. The van der Waals surface area contributed by atoms with Crippen molar-refractivity contribution in [3.63, 3.8) is 0 Å². The molecule has 41 heavy (non-hydrogen) atoms. The standard InChI is InChI=1S/C30H30N4O5S2/c1-18-4-6-19(7-5-18)30(8-10-37-11-9-30)27-31-20(17-40-27)16-38-24-12-21(35-2)13-25-22(24)14-26(39-25)23-15-34-28(32-23)41-29(33-34)36-3/h4-7,12-15,17,29,33H,8-11,16H2,1-3H3. The molecule has 7 rings (SSSR count). The minimum Gasteiger partial charge on any atom is -0.496 e. The van der Waals surface area contributed by atoms with Gasteiger partial charge in [0, 0.05) is 37.8 Å². The second kappa shape index (κ2) is 10.7. The van der Waals surface area contributed by atoms with E-state index in [0.29, 0.717) is 29.4 Å². The molecule has 1 N–H and O–H groups in total. The number of fused-ring (bicyclic) bond motifs is 2. The fourth-order valence-electron chi connectivity index (χ4n) is 5.40. The minimum absolute atomic E-state index is 0.140. The normalized spacial score (nSPS) is 17.9. The molecule has 1 saturated heterocycles. The number of aryl methyl sites for hydroxylation is 1. The molecule has 9 nitrogen and oxygen atoms in total. The minimum atomic E-state index is -0.157. The maximum atomic E-state index is 6.36. The maximum absolute atomic E-state index is 6.36. The SMILES string of the molecule is COc1cc(OCc2csc(C3(c4ccc(C)cc4)CCOCC3)n2)c2cc(-c3cn4c(n3)SC(OC)N4)oc2c1. The number of methoxy groups -OCH3 is 2. The number of aromatic nitrogens is 3. The van der Waals surface area contributed by atoms with E-state index >= 15 is 0 Å². The van der Waals surface area contributed by atoms with Crippen molar-refractivity contribution in [3.05, 3.63) is 75.9 Å². The second-order valence-corrected chi connectivity index (χ2v) is 12.1. The number of benzene rings is 2. The topological polar surface area (TPSA) is 92.8 Å². The summed E-state index contributed by atoms with van der Waals surface area (Å²) in [4.78, 5) is 9.79. The zero-order valence-electron chi connectivity index (χ0n) is 23.0. The second-order valence-electron chi connectivity index (χ2n) is 10.2. The van der Waals surface area contributed by atoms with Crippen LogP contribution in [0.25, 0.3) is 22.4 Å². The smallest absolute Gasteiger partial charge is 0.196 e. The highest BCUT2D eigenvalue weighted by Gasteiger charge is 2.39. The van der Waals surface area contributed by atoms with E-state index in [1.165, 1.54) is 22.9 Å². The molecule has 0 saturated carbocycles. The van der Waals surface area contributed by atoms with Crippen molar-refractivity contribution in [3.8, 4) is 23.0 Å². The van der Waals surface area contributed by atoms with Crippen LogP contribution in [-0.4, -0.2) is 47.6 Å². The molecule has 212 valence electrons. The summed E-state index contributed by atoms with van der Waals surface area (Å²) in [5, 5.41) is 4.87. The molecule has 5 heterocycles. The van der Waals surface area contributed by atoms with E-state index in [-0.39, 0.29) is 11.0 Å². The van der Waals surface area contributed by atoms with Gasteiger partial charge in [-0.15, -0.1) is 11.3 Å². The van der Waals surface area contributed by atoms with Crippen molar-refractivity contribution in [1.29, 1.82) is 0 Å². The first-order valence-electron chi connectivity index (χ1n) is 13.4. The number of hydrogen-bond acceptors (Lipinski definition) is 10. The first-order valence-corrected chi connectivity index (χ1v) is 15.2. The predicted molar refractivity (Wildman–Crippen MR) is 158 cm³/mol. The van der Waals surface area contributed by atoms with E-state index in [1.807, 2.05) is 29.1 Å². The highest BCUT2D eigenvalue weighted by molar-refractivity contribution is 7.99. The van der Waals surface area contributed by atoms with Crippen molar-refractivity contribution in [1.82, 2.24) is 14.6 Å². The molecule has 2 aliphatic rings. The van der Waals surface area contributed by atoms with Crippen LogP contribution in [0.2, 0.25) is 0 Å². The van der Waals surface area contributed by atoms with E-state index in [4.69, 9.17) is 33.3 Å². The Labute approximate surface area is 245 Å². The molecular weight excluding hydrogens is 560 g/mol. The van der Waals surface area contributed by atoms with Gasteiger partial charge >= 0.3 is 0 Å². The Kier molecular flexibility index (Phi) is 6.90. The van der Waals surface area contributed by atoms with Gasteiger partial charge < -0.3 is 23.4 Å². The Balaban J connectivity index is 1.15. The Morgan fingerprint density at radius 3 is 2.68 bits per heavy atom. The molecular formula is C30H30N4O5S2. The molecule has 0 bridgehead atoms. The first-order chi connectivity index (χ1) is 20.0. The van der Waals surface area contributed by atoms with Gasteiger partial charge in [-0.2, -0.15) is 0 Å². The van der Waals surface area contributed by atoms with Crippen molar-refractivity contribution < 1.29 is 23.4 Å². The van der Waals surface area contributed by atoms with Crippen molar-refractivity contribution in [2.45, 2.75) is 42.5 Å². The molecule has 0 spiro atoms. The highest BCUT2D eigenvalue weighted by Crippen LogP contribution is 2.43. The number of imidazole rings is 1. The molecule has 11 heteroatoms. The summed E-state index contributed by atoms with van der Waals surface area (Å²) in [6.07, 6.45) is 3.72. The molecule has 3 aromatic heterocycles. The van der Waals surface area contributed by atoms with Gasteiger partial charge in [0.05, 0.1) is 29.8 Å². The van der Waals surface area contributed by atoms with Crippen LogP contribution in [0.3, 0.4) is 0 Å². The summed E-state index contributed by atoms with van der Waals surface area (Å²) < 4.78 is 31.0. The van der Waals surface area contributed by atoms with E-state index in [9.17, 15) is 0 Å². The number of ether oxygens (including phenoxy) is 4. The van der Waals surface area contributed by atoms with Crippen molar-refractivity contribution >= 4 is 34.1 Å². The van der Waals surface area contributed by atoms with Crippen LogP contribution in [-0.2, 0) is 21.5 Å². The Hall–Kier alpha value is -3.51. The number of hydrogen-bond donors (Lipinski definition) is 1. The number of thiazole rings is 1. The third kappa shape index (κ3) is 4.86. The quantitative estimate of drug-likeness (QED) is 0.223. The van der Waals surface area contributed by atoms with Crippen LogP contribution < -0.4 is 14.9 Å². The average Bonchev–Trinajstić information content (AvgIpc) is 3.79. The molecule has 2 aliphatic heterocycles. The summed E-state index contributed by atoms with van der Waals surface area (Å²) in [6.45, 7) is 3.90. The van der Waals surface area contributed by atoms with E-state index < -0.39 is 0 Å². The van der Waals surface area contributed by atoms with E-state index in [2.05, 4.69) is 42.0 Å². The summed E-state index contributed by atoms with van der Waals surface area (Å²) in [5.41, 5.74) is 7.74. The van der Waals surface area contributed by atoms with Crippen LogP contribution in [0.5, 0.6) is 11.5 Å². The largest absolute Gasteiger partial charge is 0.496 e. The molecule has 1 unspecified atom stereocenters. The number of furan rings is 1. The summed E-state index contributed by atoms with van der Waals surface area (Å²) in [7, 11) is 3.29. The van der Waals surface area contributed by atoms with Gasteiger partial charge in [-0.1, -0.05) is 29.8 Å². The average molecular weight is 591 g/mol. The van der Waals surface area contributed by atoms with Crippen LogP contribution >= 0.6 is 23.1 Å². The van der Waals surface area contributed by atoms with Crippen LogP contribution in [0.1, 0.15) is 34.7 Å². The van der Waals surface area contributed by atoms with Crippen LogP contribution in [0.4, 0.5) is 0 Å². The monoisotopic (exact) mass is 590 g/mol. The lowest BCUT2D eigenvalue weighted by molar-refractivity contribution is 0.0629.